The van der Waals surface area contributed by atoms with Crippen molar-refractivity contribution in [2.75, 3.05) is 19.6 Å². The molecule has 0 aromatic heterocycles. The standard InChI is InChI=1S/C19H36N2/c1-2-4-16-5-3-6-18(8-7-16)21(19-9-10-19)15-17-11-13-20-14-12-17/h16-20H,2-15H2,1H3. The third-order valence-corrected chi connectivity index (χ3v) is 6.17. The fraction of sp³-hybridized carbons (Fsp3) is 1.00. The molecule has 21 heavy (non-hydrogen) atoms. The Morgan fingerprint density at radius 3 is 2.24 bits per heavy atom. The van der Waals surface area contributed by atoms with Crippen molar-refractivity contribution in [1.82, 2.24) is 10.2 Å². The molecule has 0 spiro atoms. The second-order valence-corrected chi connectivity index (χ2v) is 7.94. The van der Waals surface area contributed by atoms with Gasteiger partial charge in [0.05, 0.1) is 0 Å². The molecule has 2 unspecified atom stereocenters. The highest BCUT2D eigenvalue weighted by atomic mass is 15.2. The monoisotopic (exact) mass is 292 g/mol. The van der Waals surface area contributed by atoms with E-state index < -0.39 is 0 Å². The number of nitrogens with zero attached hydrogens (tertiary/aromatic N) is 1. The van der Waals surface area contributed by atoms with E-state index in [-0.39, 0.29) is 0 Å². The highest BCUT2D eigenvalue weighted by Gasteiger charge is 2.36. The Hall–Kier alpha value is -0.0800. The van der Waals surface area contributed by atoms with Crippen molar-refractivity contribution in [3.05, 3.63) is 0 Å². The smallest absolute Gasteiger partial charge is 0.00994 e. The van der Waals surface area contributed by atoms with Gasteiger partial charge in [-0.05, 0) is 69.9 Å². The molecular formula is C19H36N2. The molecule has 122 valence electrons. The minimum Gasteiger partial charge on any atom is -0.317 e. The van der Waals surface area contributed by atoms with E-state index >= 15 is 0 Å². The number of hydrogen-bond donors (Lipinski definition) is 1. The first kappa shape index (κ1) is 15.8. The molecule has 0 aromatic carbocycles. The predicted molar refractivity (Wildman–Crippen MR) is 90.6 cm³/mol. The summed E-state index contributed by atoms with van der Waals surface area (Å²) in [6.07, 6.45) is 16.1. The van der Waals surface area contributed by atoms with Crippen LogP contribution in [0.1, 0.15) is 77.6 Å². The predicted octanol–water partition coefficient (Wildman–Crippen LogP) is 4.20. The molecule has 0 radical (unpaired) electrons. The molecule has 1 saturated heterocycles. The van der Waals surface area contributed by atoms with Crippen LogP contribution in [-0.2, 0) is 0 Å². The first-order chi connectivity index (χ1) is 10.4. The van der Waals surface area contributed by atoms with Gasteiger partial charge in [-0.3, -0.25) is 4.90 Å². The topological polar surface area (TPSA) is 15.3 Å². The zero-order chi connectivity index (χ0) is 14.5. The van der Waals surface area contributed by atoms with E-state index in [9.17, 15) is 0 Å². The average Bonchev–Trinajstić information content (AvgIpc) is 3.34. The summed E-state index contributed by atoms with van der Waals surface area (Å²) in [5, 5.41) is 3.52. The largest absolute Gasteiger partial charge is 0.317 e. The molecule has 0 aromatic rings. The number of piperidine rings is 1. The van der Waals surface area contributed by atoms with Gasteiger partial charge in [0.15, 0.2) is 0 Å². The Labute approximate surface area is 132 Å². The van der Waals surface area contributed by atoms with Crippen LogP contribution < -0.4 is 5.32 Å². The fourth-order valence-corrected chi connectivity index (χ4v) is 4.75. The molecule has 2 aliphatic carbocycles. The van der Waals surface area contributed by atoms with Crippen LogP contribution in [0.25, 0.3) is 0 Å². The lowest BCUT2D eigenvalue weighted by atomic mass is 9.94. The number of hydrogen-bond acceptors (Lipinski definition) is 2. The summed E-state index contributed by atoms with van der Waals surface area (Å²) in [5.74, 6) is 2.02. The van der Waals surface area contributed by atoms with Crippen molar-refractivity contribution in [2.45, 2.75) is 89.6 Å². The maximum atomic E-state index is 3.52. The third-order valence-electron chi connectivity index (χ3n) is 6.17. The summed E-state index contributed by atoms with van der Waals surface area (Å²) in [5.41, 5.74) is 0. The second-order valence-electron chi connectivity index (χ2n) is 7.94. The summed E-state index contributed by atoms with van der Waals surface area (Å²) in [6.45, 7) is 6.28. The zero-order valence-corrected chi connectivity index (χ0v) is 14.2. The second kappa shape index (κ2) is 7.97. The molecule has 1 N–H and O–H groups in total. The van der Waals surface area contributed by atoms with Crippen LogP contribution in [0.5, 0.6) is 0 Å². The van der Waals surface area contributed by atoms with E-state index in [0.717, 1.165) is 23.9 Å². The van der Waals surface area contributed by atoms with Crippen LogP contribution >= 0.6 is 0 Å². The van der Waals surface area contributed by atoms with Crippen LogP contribution in [0, 0.1) is 11.8 Å². The normalized spacial score (nSPS) is 32.3. The molecule has 2 heteroatoms. The van der Waals surface area contributed by atoms with E-state index in [1.54, 1.807) is 0 Å². The molecule has 2 atom stereocenters. The third kappa shape index (κ3) is 4.69. The maximum absolute atomic E-state index is 3.52. The minimum absolute atomic E-state index is 0.925. The highest BCUT2D eigenvalue weighted by Crippen LogP contribution is 2.36. The van der Waals surface area contributed by atoms with Crippen LogP contribution in [0.4, 0.5) is 0 Å². The van der Waals surface area contributed by atoms with Crippen LogP contribution in [0.2, 0.25) is 0 Å². The van der Waals surface area contributed by atoms with E-state index in [1.165, 1.54) is 90.3 Å². The summed E-state index contributed by atoms with van der Waals surface area (Å²) in [4.78, 5) is 2.98. The van der Waals surface area contributed by atoms with Gasteiger partial charge in [0.25, 0.3) is 0 Å². The van der Waals surface area contributed by atoms with Gasteiger partial charge in [-0.1, -0.05) is 32.6 Å². The quantitative estimate of drug-likeness (QED) is 0.738. The number of nitrogens with one attached hydrogen (secondary N) is 1. The first-order valence-corrected chi connectivity index (χ1v) is 9.83. The molecule has 1 heterocycles. The number of rotatable bonds is 6. The fourth-order valence-electron chi connectivity index (χ4n) is 4.75. The molecule has 2 saturated carbocycles. The lowest BCUT2D eigenvalue weighted by molar-refractivity contribution is 0.129. The highest BCUT2D eigenvalue weighted by molar-refractivity contribution is 4.91. The molecule has 2 nitrogen and oxygen atoms in total. The van der Waals surface area contributed by atoms with Crippen molar-refractivity contribution in [1.29, 1.82) is 0 Å². The van der Waals surface area contributed by atoms with Gasteiger partial charge >= 0.3 is 0 Å². The van der Waals surface area contributed by atoms with Crippen molar-refractivity contribution in [3.63, 3.8) is 0 Å². The van der Waals surface area contributed by atoms with E-state index in [1.807, 2.05) is 0 Å². The SMILES string of the molecule is CCCC1CCCC(N(CC2CCNCC2)C2CC2)CC1. The van der Waals surface area contributed by atoms with Gasteiger partial charge in [0.2, 0.25) is 0 Å². The molecule has 3 rings (SSSR count). The van der Waals surface area contributed by atoms with Gasteiger partial charge in [-0.2, -0.15) is 0 Å². The molecule has 0 amide bonds. The Morgan fingerprint density at radius 2 is 1.52 bits per heavy atom. The van der Waals surface area contributed by atoms with Crippen LogP contribution in [-0.4, -0.2) is 36.6 Å². The lowest BCUT2D eigenvalue weighted by Gasteiger charge is -2.36. The van der Waals surface area contributed by atoms with Gasteiger partial charge in [-0.15, -0.1) is 0 Å². The van der Waals surface area contributed by atoms with Gasteiger partial charge in [0.1, 0.15) is 0 Å². The van der Waals surface area contributed by atoms with E-state index in [0.29, 0.717) is 0 Å². The Morgan fingerprint density at radius 1 is 0.810 bits per heavy atom. The Kier molecular flexibility index (Phi) is 5.99. The Balaban J connectivity index is 1.53. The van der Waals surface area contributed by atoms with Gasteiger partial charge in [-0.25, -0.2) is 0 Å². The van der Waals surface area contributed by atoms with Gasteiger partial charge in [0, 0.05) is 18.6 Å². The van der Waals surface area contributed by atoms with Crippen LogP contribution in [0.3, 0.4) is 0 Å². The lowest BCUT2D eigenvalue weighted by Crippen LogP contribution is -2.42. The summed E-state index contributed by atoms with van der Waals surface area (Å²) >= 11 is 0. The minimum atomic E-state index is 0.925. The Bertz CT molecular complexity index is 294. The summed E-state index contributed by atoms with van der Waals surface area (Å²) < 4.78 is 0. The van der Waals surface area contributed by atoms with Crippen molar-refractivity contribution >= 4 is 0 Å². The summed E-state index contributed by atoms with van der Waals surface area (Å²) in [6, 6.07) is 1.89. The van der Waals surface area contributed by atoms with E-state index in [4.69, 9.17) is 0 Å². The molecule has 0 bridgehead atoms. The maximum Gasteiger partial charge on any atom is 0.00994 e. The molecule has 3 fully saturated rings. The van der Waals surface area contributed by atoms with Crippen molar-refractivity contribution in [3.8, 4) is 0 Å². The van der Waals surface area contributed by atoms with Crippen molar-refractivity contribution < 1.29 is 0 Å². The first-order valence-electron chi connectivity index (χ1n) is 9.83. The van der Waals surface area contributed by atoms with Crippen molar-refractivity contribution in [2.24, 2.45) is 11.8 Å². The zero-order valence-electron chi connectivity index (χ0n) is 14.2. The molecule has 1 aliphatic heterocycles. The van der Waals surface area contributed by atoms with Crippen LogP contribution in [0.15, 0.2) is 0 Å². The van der Waals surface area contributed by atoms with Gasteiger partial charge < -0.3 is 5.32 Å². The average molecular weight is 293 g/mol. The molecular weight excluding hydrogens is 256 g/mol. The van der Waals surface area contributed by atoms with E-state index in [2.05, 4.69) is 17.1 Å². The molecule has 3 aliphatic rings. The summed E-state index contributed by atoms with van der Waals surface area (Å²) in [7, 11) is 0.